The molecule has 0 aliphatic heterocycles. The number of para-hydroxylation sites is 1. The summed E-state index contributed by atoms with van der Waals surface area (Å²) in [6.07, 6.45) is 0. The molecule has 1 aromatic rings. The van der Waals surface area contributed by atoms with Crippen LogP contribution < -0.4 is 0 Å². The van der Waals surface area contributed by atoms with Gasteiger partial charge in [-0.2, -0.15) is 0 Å². The molecule has 0 heterocycles. The summed E-state index contributed by atoms with van der Waals surface area (Å²) in [5.41, 5.74) is 0. The molecule has 0 amide bonds. The topological polar surface area (TPSA) is 99.4 Å². The Morgan fingerprint density at radius 1 is 0.895 bits per heavy atom. The monoisotopic (exact) mass is 312 g/mol. The van der Waals surface area contributed by atoms with Crippen molar-refractivity contribution in [3.8, 4) is 5.75 Å². The second kappa shape index (κ2) is 30.5. The van der Waals surface area contributed by atoms with E-state index in [1.165, 1.54) is 0 Å². The zero-order valence-corrected chi connectivity index (χ0v) is 13.2. The Kier molecular flexibility index (Phi) is 43.3. The van der Waals surface area contributed by atoms with Crippen LogP contribution in [0.25, 0.3) is 0 Å². The van der Waals surface area contributed by atoms with Crippen molar-refractivity contribution in [2.24, 2.45) is 0 Å². The average molecular weight is 312 g/mol. The van der Waals surface area contributed by atoms with Crippen LogP contribution in [0.3, 0.4) is 0 Å². The summed E-state index contributed by atoms with van der Waals surface area (Å²) in [7, 11) is 0. The fraction of sp³-hybridized carbons (Fsp3) is 0.500. The second-order valence-corrected chi connectivity index (χ2v) is 2.49. The second-order valence-electron chi connectivity index (χ2n) is 2.49. The van der Waals surface area contributed by atoms with E-state index in [1.54, 1.807) is 45.0 Å². The largest absolute Gasteiger partial charge is 0.508 e. The van der Waals surface area contributed by atoms with Crippen LogP contribution in [0.4, 0.5) is 0 Å². The van der Waals surface area contributed by atoms with Crippen molar-refractivity contribution in [1.29, 1.82) is 0 Å². The minimum absolute atomic E-state index is 0. The quantitative estimate of drug-likeness (QED) is 0.380. The predicted octanol–water partition coefficient (Wildman–Crippen LogP) is 2.38. The van der Waals surface area contributed by atoms with Crippen molar-refractivity contribution in [3.05, 3.63) is 30.3 Å². The maximum atomic E-state index is 8.63. The van der Waals surface area contributed by atoms with Gasteiger partial charge in [0.15, 0.2) is 0 Å². The first kappa shape index (κ1) is 27.0. The molecule has 0 bridgehead atoms. The van der Waals surface area contributed by atoms with Crippen LogP contribution >= 0.6 is 0 Å². The van der Waals surface area contributed by atoms with Gasteiger partial charge in [0.25, 0.3) is 0 Å². The molecule has 0 unspecified atom stereocenters. The molecular weight excluding hydrogens is 288 g/mol. The van der Waals surface area contributed by atoms with Crippen LogP contribution in [0, 0.1) is 0 Å². The number of aliphatic hydroxyl groups is 1. The minimum atomic E-state index is 0. The van der Waals surface area contributed by atoms with Gasteiger partial charge in [-0.05, 0) is 32.9 Å². The minimum Gasteiger partial charge on any atom is -0.508 e. The van der Waals surface area contributed by atoms with E-state index in [0.717, 1.165) is 0 Å². The number of benzene rings is 1. The van der Waals surface area contributed by atoms with Crippen LogP contribution in [0.1, 0.15) is 20.8 Å². The summed E-state index contributed by atoms with van der Waals surface area (Å²) in [4.78, 5) is 7.08. The summed E-state index contributed by atoms with van der Waals surface area (Å²) in [6, 6.07) is 8.71. The number of phenolic OH excluding ortho intramolecular Hbond substituents is 1. The Morgan fingerprint density at radius 2 is 1.16 bits per heavy atom. The molecule has 0 aromatic heterocycles. The number of aromatic hydroxyl groups is 1. The van der Waals surface area contributed by atoms with Crippen LogP contribution in [0.2, 0.25) is 0 Å². The number of hydrogen-bond donors (Lipinski definition) is 4. The molecule has 112 valence electrons. The first-order valence-corrected chi connectivity index (χ1v) is 5.51. The van der Waals surface area contributed by atoms with Crippen LogP contribution in [-0.4, -0.2) is 40.5 Å². The van der Waals surface area contributed by atoms with Crippen molar-refractivity contribution in [1.82, 2.24) is 0 Å². The zero-order valence-electron chi connectivity index (χ0n) is 11.6. The Hall–Kier alpha value is -0.466. The van der Waals surface area contributed by atoms with Crippen LogP contribution in [0.15, 0.2) is 30.3 Å². The molecule has 0 saturated heterocycles. The Morgan fingerprint density at radius 3 is 1.26 bits per heavy atom. The molecule has 0 spiro atoms. The van der Waals surface area contributed by atoms with E-state index in [0.29, 0.717) is 19.0 Å². The molecule has 6 nitrogen and oxygen atoms in total. The van der Waals surface area contributed by atoms with E-state index >= 15 is 0 Å². The SMILES string of the molecule is CCO.CCOO.CCOO.Oc1ccccc1.[Ti]. The van der Waals surface area contributed by atoms with E-state index in [9.17, 15) is 0 Å². The van der Waals surface area contributed by atoms with Crippen LogP contribution in [-0.2, 0) is 31.5 Å². The molecule has 19 heavy (non-hydrogen) atoms. The van der Waals surface area contributed by atoms with Crippen molar-refractivity contribution in [3.63, 3.8) is 0 Å². The summed E-state index contributed by atoms with van der Waals surface area (Å²) >= 11 is 0. The molecule has 4 N–H and O–H groups in total. The van der Waals surface area contributed by atoms with E-state index in [4.69, 9.17) is 20.7 Å². The summed E-state index contributed by atoms with van der Waals surface area (Å²) in [5.74, 6) is 0.322. The third-order valence-corrected chi connectivity index (χ3v) is 1.01. The van der Waals surface area contributed by atoms with Crippen molar-refractivity contribution in [2.75, 3.05) is 19.8 Å². The molecule has 7 heteroatoms. The predicted molar refractivity (Wildman–Crippen MR) is 69.4 cm³/mol. The van der Waals surface area contributed by atoms with Crippen molar-refractivity contribution < 1.29 is 52.2 Å². The van der Waals surface area contributed by atoms with Crippen molar-refractivity contribution in [2.45, 2.75) is 20.8 Å². The molecule has 1 rings (SSSR count). The van der Waals surface area contributed by atoms with Gasteiger partial charge in [-0.1, -0.05) is 18.2 Å². The molecule has 0 saturated carbocycles. The maximum absolute atomic E-state index is 8.63. The van der Waals surface area contributed by atoms with E-state index in [-0.39, 0.29) is 28.3 Å². The molecule has 0 atom stereocenters. The zero-order chi connectivity index (χ0) is 14.6. The van der Waals surface area contributed by atoms with E-state index in [2.05, 4.69) is 9.78 Å². The smallest absolute Gasteiger partial charge is 0.115 e. The van der Waals surface area contributed by atoms with Gasteiger partial charge < -0.3 is 10.2 Å². The number of hydrogen-bond acceptors (Lipinski definition) is 6. The van der Waals surface area contributed by atoms with Gasteiger partial charge in [-0.15, -0.1) is 0 Å². The Balaban J connectivity index is -0.0000000831. The average Bonchev–Trinajstić information content (AvgIpc) is 2.41. The number of aliphatic hydroxyl groups excluding tert-OH is 1. The first-order valence-electron chi connectivity index (χ1n) is 5.51. The molecular formula is C12H24O6Ti. The normalized spacial score (nSPS) is 7.26. The molecule has 0 aliphatic carbocycles. The fourth-order valence-corrected chi connectivity index (χ4v) is 0.428. The molecule has 0 aliphatic rings. The summed E-state index contributed by atoms with van der Waals surface area (Å²) in [5, 5.41) is 31.0. The van der Waals surface area contributed by atoms with Gasteiger partial charge >= 0.3 is 0 Å². The first-order chi connectivity index (χ1) is 8.64. The van der Waals surface area contributed by atoms with E-state index < -0.39 is 0 Å². The van der Waals surface area contributed by atoms with E-state index in [1.807, 2.05) is 6.07 Å². The summed E-state index contributed by atoms with van der Waals surface area (Å²) < 4.78 is 0. The van der Waals surface area contributed by atoms with Crippen LogP contribution in [0.5, 0.6) is 5.75 Å². The van der Waals surface area contributed by atoms with Gasteiger partial charge in [-0.25, -0.2) is 9.78 Å². The van der Waals surface area contributed by atoms with Gasteiger partial charge in [0, 0.05) is 28.3 Å². The number of rotatable bonds is 2. The molecule has 1 aromatic carbocycles. The van der Waals surface area contributed by atoms with Gasteiger partial charge in [0.05, 0.1) is 13.2 Å². The Bertz CT molecular complexity index is 203. The third-order valence-electron chi connectivity index (χ3n) is 1.01. The van der Waals surface area contributed by atoms with Gasteiger partial charge in [-0.3, -0.25) is 10.5 Å². The number of phenols is 1. The summed E-state index contributed by atoms with van der Waals surface area (Å²) in [6.45, 7) is 6.10. The van der Waals surface area contributed by atoms with Crippen molar-refractivity contribution >= 4 is 0 Å². The fourth-order valence-electron chi connectivity index (χ4n) is 0.428. The third kappa shape index (κ3) is 46.5. The Labute approximate surface area is 129 Å². The van der Waals surface area contributed by atoms with Gasteiger partial charge in [0.1, 0.15) is 5.75 Å². The van der Waals surface area contributed by atoms with Gasteiger partial charge in [0.2, 0.25) is 0 Å². The standard InChI is InChI=1S/C6H6O.2C2H6O2.C2H6O.Ti/c7-6-4-2-1-3-5-6;2*1-2-4-3;1-2-3;/h1-5,7H;2*3H,2H2,1H3;3H,2H2,1H3;. The molecule has 0 radical (unpaired) electrons. The maximum Gasteiger partial charge on any atom is 0.115 e. The molecule has 0 fully saturated rings.